The van der Waals surface area contributed by atoms with Crippen LogP contribution in [0, 0.1) is 0 Å². The first-order valence-electron chi connectivity index (χ1n) is 8.78. The normalized spacial score (nSPS) is 11.2. The second-order valence-corrected chi connectivity index (χ2v) is 6.50. The number of benzene rings is 2. The summed E-state index contributed by atoms with van der Waals surface area (Å²) < 4.78 is 0. The third kappa shape index (κ3) is 2.51. The second kappa shape index (κ2) is 6.23. The highest BCUT2D eigenvalue weighted by Gasteiger charge is 2.22. The molecule has 4 N–H and O–H groups in total. The number of rotatable bonds is 4. The van der Waals surface area contributed by atoms with E-state index in [2.05, 4.69) is 35.1 Å². The molecule has 2 aromatic carbocycles. The number of nitrogen functional groups attached to an aromatic ring is 1. The Morgan fingerprint density at radius 2 is 1.85 bits per heavy atom. The summed E-state index contributed by atoms with van der Waals surface area (Å²) in [4.78, 5) is 19.0. The standard InChI is InChI=1S/C22H21N3O/c1-3-16-20(14-7-9-15(23)10-8-14)21(13(2)26)25-22(16)18-5-4-6-19-17(18)11-12-24-19/h4-12,24-25H,3,23H2,1-2H3. The molecule has 0 spiro atoms. The summed E-state index contributed by atoms with van der Waals surface area (Å²) in [6.07, 6.45) is 2.76. The minimum Gasteiger partial charge on any atom is -0.399 e. The molecule has 0 bridgehead atoms. The Morgan fingerprint density at radius 1 is 1.08 bits per heavy atom. The zero-order valence-electron chi connectivity index (χ0n) is 14.9. The van der Waals surface area contributed by atoms with Gasteiger partial charge in [0.05, 0.1) is 11.4 Å². The van der Waals surface area contributed by atoms with Crippen LogP contribution >= 0.6 is 0 Å². The summed E-state index contributed by atoms with van der Waals surface area (Å²) in [6.45, 7) is 3.72. The minimum atomic E-state index is 0.0269. The molecule has 0 aliphatic heterocycles. The highest BCUT2D eigenvalue weighted by molar-refractivity contribution is 6.04. The number of carbonyl (C=O) groups is 1. The van der Waals surface area contributed by atoms with Crippen LogP contribution < -0.4 is 5.73 Å². The van der Waals surface area contributed by atoms with Crippen molar-refractivity contribution in [1.29, 1.82) is 0 Å². The number of aromatic nitrogens is 2. The average Bonchev–Trinajstić information content (AvgIpc) is 3.26. The first-order chi connectivity index (χ1) is 12.6. The van der Waals surface area contributed by atoms with Crippen molar-refractivity contribution in [3.8, 4) is 22.4 Å². The number of Topliss-reactive ketones (excluding diaryl/α,β-unsaturated/α-hetero) is 1. The number of carbonyl (C=O) groups excluding carboxylic acids is 1. The lowest BCUT2D eigenvalue weighted by Gasteiger charge is -2.08. The quantitative estimate of drug-likeness (QED) is 0.353. The highest BCUT2D eigenvalue weighted by Crippen LogP contribution is 2.38. The largest absolute Gasteiger partial charge is 0.399 e. The van der Waals surface area contributed by atoms with Crippen molar-refractivity contribution in [2.45, 2.75) is 20.3 Å². The van der Waals surface area contributed by atoms with Crippen LogP contribution in [0.3, 0.4) is 0 Å². The Kier molecular flexibility index (Phi) is 3.88. The monoisotopic (exact) mass is 343 g/mol. The van der Waals surface area contributed by atoms with Gasteiger partial charge in [-0.25, -0.2) is 0 Å². The van der Waals surface area contributed by atoms with Crippen LogP contribution in [0.25, 0.3) is 33.3 Å². The molecule has 0 saturated heterocycles. The maximum Gasteiger partial charge on any atom is 0.176 e. The molecule has 4 aromatic rings. The summed E-state index contributed by atoms with van der Waals surface area (Å²) in [5, 5.41) is 1.14. The first kappa shape index (κ1) is 16.2. The molecule has 130 valence electrons. The van der Waals surface area contributed by atoms with Gasteiger partial charge in [-0.05, 0) is 41.8 Å². The summed E-state index contributed by atoms with van der Waals surface area (Å²) >= 11 is 0. The molecule has 0 fully saturated rings. The zero-order valence-corrected chi connectivity index (χ0v) is 14.9. The van der Waals surface area contributed by atoms with Crippen LogP contribution in [0.15, 0.2) is 54.7 Å². The lowest BCUT2D eigenvalue weighted by Crippen LogP contribution is -1.96. The molecule has 2 aromatic heterocycles. The maximum absolute atomic E-state index is 12.4. The molecular weight excluding hydrogens is 322 g/mol. The molecule has 0 unspecified atom stereocenters. The first-order valence-corrected chi connectivity index (χ1v) is 8.78. The average molecular weight is 343 g/mol. The van der Waals surface area contributed by atoms with Crippen molar-refractivity contribution < 1.29 is 4.79 Å². The van der Waals surface area contributed by atoms with E-state index in [4.69, 9.17) is 5.73 Å². The molecule has 4 rings (SSSR count). The topological polar surface area (TPSA) is 74.7 Å². The number of aromatic amines is 2. The molecule has 4 heteroatoms. The number of fused-ring (bicyclic) bond motifs is 1. The molecule has 0 saturated carbocycles. The van der Waals surface area contributed by atoms with Gasteiger partial charge in [-0.1, -0.05) is 31.2 Å². The number of anilines is 1. The van der Waals surface area contributed by atoms with Gasteiger partial charge in [-0.3, -0.25) is 4.79 Å². The Hall–Kier alpha value is -3.27. The second-order valence-electron chi connectivity index (χ2n) is 6.50. The summed E-state index contributed by atoms with van der Waals surface area (Å²) in [5.74, 6) is 0.0269. The number of nitrogens with one attached hydrogen (secondary N) is 2. The third-order valence-corrected chi connectivity index (χ3v) is 4.87. The molecule has 0 aliphatic rings. The molecule has 0 radical (unpaired) electrons. The van der Waals surface area contributed by atoms with Gasteiger partial charge >= 0.3 is 0 Å². The lowest BCUT2D eigenvalue weighted by molar-refractivity contribution is 0.101. The van der Waals surface area contributed by atoms with E-state index in [-0.39, 0.29) is 5.78 Å². The van der Waals surface area contributed by atoms with E-state index in [1.54, 1.807) is 6.92 Å². The van der Waals surface area contributed by atoms with Gasteiger partial charge in [0.2, 0.25) is 0 Å². The maximum atomic E-state index is 12.4. The van der Waals surface area contributed by atoms with Crippen LogP contribution in [-0.4, -0.2) is 15.8 Å². The van der Waals surface area contributed by atoms with E-state index in [0.29, 0.717) is 11.4 Å². The fraction of sp³-hybridized carbons (Fsp3) is 0.136. The van der Waals surface area contributed by atoms with E-state index in [0.717, 1.165) is 45.3 Å². The van der Waals surface area contributed by atoms with Crippen molar-refractivity contribution in [1.82, 2.24) is 9.97 Å². The van der Waals surface area contributed by atoms with E-state index in [1.807, 2.05) is 36.5 Å². The molecule has 4 nitrogen and oxygen atoms in total. The SMILES string of the molecule is CCc1c(-c2cccc3[nH]ccc23)[nH]c(C(C)=O)c1-c1ccc(N)cc1. The molecular formula is C22H21N3O. The van der Waals surface area contributed by atoms with Gasteiger partial charge in [0.25, 0.3) is 0 Å². The third-order valence-electron chi connectivity index (χ3n) is 4.87. The summed E-state index contributed by atoms with van der Waals surface area (Å²) in [7, 11) is 0. The van der Waals surface area contributed by atoms with Crippen molar-refractivity contribution >= 4 is 22.4 Å². The zero-order chi connectivity index (χ0) is 18.3. The van der Waals surface area contributed by atoms with E-state index < -0.39 is 0 Å². The molecule has 0 amide bonds. The fourth-order valence-electron chi connectivity index (χ4n) is 3.66. The van der Waals surface area contributed by atoms with E-state index in [9.17, 15) is 4.79 Å². The van der Waals surface area contributed by atoms with Crippen molar-refractivity contribution in [2.75, 3.05) is 5.73 Å². The molecule has 26 heavy (non-hydrogen) atoms. The predicted molar refractivity (Wildman–Crippen MR) is 107 cm³/mol. The van der Waals surface area contributed by atoms with Crippen LogP contribution in [0.4, 0.5) is 5.69 Å². The Morgan fingerprint density at radius 3 is 2.54 bits per heavy atom. The smallest absolute Gasteiger partial charge is 0.176 e. The minimum absolute atomic E-state index is 0.0269. The number of hydrogen-bond donors (Lipinski definition) is 3. The summed E-state index contributed by atoms with van der Waals surface area (Å²) in [6, 6.07) is 16.0. The van der Waals surface area contributed by atoms with Gasteiger partial charge in [0, 0.05) is 40.8 Å². The number of hydrogen-bond acceptors (Lipinski definition) is 2. The van der Waals surface area contributed by atoms with Crippen LogP contribution in [0.2, 0.25) is 0 Å². The summed E-state index contributed by atoms with van der Waals surface area (Å²) in [5.41, 5.74) is 13.5. The Bertz CT molecular complexity index is 1100. The number of nitrogens with two attached hydrogens (primary N) is 1. The van der Waals surface area contributed by atoms with Crippen molar-refractivity contribution in [2.24, 2.45) is 0 Å². The van der Waals surface area contributed by atoms with Crippen LogP contribution in [0.5, 0.6) is 0 Å². The van der Waals surface area contributed by atoms with Gasteiger partial charge in [0.15, 0.2) is 5.78 Å². The predicted octanol–water partition coefficient (Wildman–Crippen LogP) is 5.18. The van der Waals surface area contributed by atoms with Crippen molar-refractivity contribution in [3.63, 3.8) is 0 Å². The van der Waals surface area contributed by atoms with Crippen molar-refractivity contribution in [3.05, 3.63) is 66.0 Å². The number of H-pyrrole nitrogens is 2. The van der Waals surface area contributed by atoms with Crippen LogP contribution in [0.1, 0.15) is 29.9 Å². The van der Waals surface area contributed by atoms with Gasteiger partial charge in [0.1, 0.15) is 0 Å². The lowest BCUT2D eigenvalue weighted by atomic mass is 9.94. The molecule has 0 aliphatic carbocycles. The van der Waals surface area contributed by atoms with Gasteiger partial charge in [-0.2, -0.15) is 0 Å². The molecule has 2 heterocycles. The fourth-order valence-corrected chi connectivity index (χ4v) is 3.66. The van der Waals surface area contributed by atoms with E-state index in [1.165, 1.54) is 0 Å². The number of ketones is 1. The highest BCUT2D eigenvalue weighted by atomic mass is 16.1. The van der Waals surface area contributed by atoms with Gasteiger partial charge in [-0.15, -0.1) is 0 Å². The van der Waals surface area contributed by atoms with Gasteiger partial charge < -0.3 is 15.7 Å². The van der Waals surface area contributed by atoms with Crippen LogP contribution in [-0.2, 0) is 6.42 Å². The van der Waals surface area contributed by atoms with E-state index >= 15 is 0 Å². The Balaban J connectivity index is 2.03. The Labute approximate surface area is 152 Å². The molecule has 0 atom stereocenters.